The van der Waals surface area contributed by atoms with Crippen molar-refractivity contribution in [2.24, 2.45) is 0 Å². The number of rotatable bonds is 5. The number of nitrogens with one attached hydrogen (secondary N) is 2. The number of piperazine rings is 1. The Bertz CT molecular complexity index is 1060. The van der Waals surface area contributed by atoms with Gasteiger partial charge in [-0.25, -0.2) is 0 Å². The minimum Gasteiger partial charge on any atom is -0.497 e. The van der Waals surface area contributed by atoms with Crippen LogP contribution >= 0.6 is 0 Å². The maximum atomic E-state index is 13.3. The van der Waals surface area contributed by atoms with Gasteiger partial charge in [0.15, 0.2) is 0 Å². The van der Waals surface area contributed by atoms with Gasteiger partial charge in [-0.2, -0.15) is 0 Å². The van der Waals surface area contributed by atoms with Gasteiger partial charge in [-0.15, -0.1) is 0 Å². The largest absolute Gasteiger partial charge is 0.497 e. The first-order chi connectivity index (χ1) is 16.5. The Morgan fingerprint density at radius 2 is 1.68 bits per heavy atom. The number of methoxy groups -OCH3 is 1. The van der Waals surface area contributed by atoms with Crippen LogP contribution < -0.4 is 15.4 Å². The van der Waals surface area contributed by atoms with Crippen molar-refractivity contribution in [3.05, 3.63) is 65.7 Å². The highest BCUT2D eigenvalue weighted by molar-refractivity contribution is 6.00. The van der Waals surface area contributed by atoms with Gasteiger partial charge < -0.3 is 25.2 Å². The fraction of sp³-hybridized carbons (Fsp3) is 0.360. The van der Waals surface area contributed by atoms with Crippen LogP contribution in [-0.4, -0.2) is 78.8 Å². The number of benzene rings is 2. The molecule has 2 fully saturated rings. The van der Waals surface area contributed by atoms with Gasteiger partial charge in [0.2, 0.25) is 11.8 Å². The minimum atomic E-state index is -0.918. The molecule has 2 aromatic carbocycles. The van der Waals surface area contributed by atoms with E-state index < -0.39 is 18.0 Å². The van der Waals surface area contributed by atoms with Crippen molar-refractivity contribution in [2.75, 3.05) is 33.3 Å². The Balaban J connectivity index is 1.55. The summed E-state index contributed by atoms with van der Waals surface area (Å²) in [5, 5.41) is 5.54. The molecule has 0 radical (unpaired) electrons. The lowest BCUT2D eigenvalue weighted by atomic mass is 10.0. The standard InChI is InChI=1S/C25H28N4O5/c1-34-19-11-9-18(10-12-19)24(32)28-14-15-29(25(33)17-6-3-2-4-7-17)21(16-28)23(31)27-20-8-5-13-26-22(20)30/h2-4,6-7,9-12,20-21H,5,8,13-16H2,1H3,(H,26,30)(H,27,31). The lowest BCUT2D eigenvalue weighted by Crippen LogP contribution is -2.63. The second-order valence-corrected chi connectivity index (χ2v) is 8.35. The molecule has 9 nitrogen and oxygen atoms in total. The number of amides is 4. The normalized spacial score (nSPS) is 20.3. The van der Waals surface area contributed by atoms with E-state index in [1.165, 1.54) is 4.90 Å². The van der Waals surface area contributed by atoms with Gasteiger partial charge in [-0.05, 0) is 49.2 Å². The van der Waals surface area contributed by atoms with E-state index in [4.69, 9.17) is 4.74 Å². The zero-order valence-electron chi connectivity index (χ0n) is 19.0. The molecule has 4 rings (SSSR count). The molecular formula is C25H28N4O5. The van der Waals surface area contributed by atoms with Crippen molar-refractivity contribution in [1.29, 1.82) is 0 Å². The lowest BCUT2D eigenvalue weighted by Gasteiger charge is -2.41. The molecule has 2 heterocycles. The molecule has 2 aliphatic heterocycles. The van der Waals surface area contributed by atoms with E-state index in [9.17, 15) is 19.2 Å². The van der Waals surface area contributed by atoms with Crippen LogP contribution in [0.3, 0.4) is 0 Å². The molecule has 9 heteroatoms. The summed E-state index contributed by atoms with van der Waals surface area (Å²) in [4.78, 5) is 54.9. The maximum Gasteiger partial charge on any atom is 0.254 e. The van der Waals surface area contributed by atoms with Crippen molar-refractivity contribution >= 4 is 23.6 Å². The van der Waals surface area contributed by atoms with Crippen molar-refractivity contribution in [3.63, 3.8) is 0 Å². The van der Waals surface area contributed by atoms with Gasteiger partial charge in [0.1, 0.15) is 17.8 Å². The second-order valence-electron chi connectivity index (χ2n) is 8.35. The monoisotopic (exact) mass is 464 g/mol. The second kappa shape index (κ2) is 10.4. The van der Waals surface area contributed by atoms with Crippen LogP contribution in [0.4, 0.5) is 0 Å². The topological polar surface area (TPSA) is 108 Å². The van der Waals surface area contributed by atoms with Crippen LogP contribution in [0.1, 0.15) is 33.6 Å². The van der Waals surface area contributed by atoms with E-state index in [0.717, 1.165) is 6.42 Å². The Morgan fingerprint density at radius 3 is 2.35 bits per heavy atom. The summed E-state index contributed by atoms with van der Waals surface area (Å²) in [7, 11) is 1.55. The van der Waals surface area contributed by atoms with Gasteiger partial charge in [-0.1, -0.05) is 18.2 Å². The van der Waals surface area contributed by atoms with Crippen molar-refractivity contribution in [3.8, 4) is 5.75 Å². The summed E-state index contributed by atoms with van der Waals surface area (Å²) in [5.41, 5.74) is 0.931. The first kappa shape index (κ1) is 23.3. The average molecular weight is 465 g/mol. The molecule has 2 aliphatic rings. The Morgan fingerprint density at radius 1 is 0.971 bits per heavy atom. The third-order valence-electron chi connectivity index (χ3n) is 6.19. The molecule has 178 valence electrons. The van der Waals surface area contributed by atoms with E-state index in [-0.39, 0.29) is 37.4 Å². The van der Waals surface area contributed by atoms with Crippen LogP contribution in [0.15, 0.2) is 54.6 Å². The van der Waals surface area contributed by atoms with Gasteiger partial charge in [0.25, 0.3) is 11.8 Å². The number of ether oxygens (including phenoxy) is 1. The Kier molecular flexibility index (Phi) is 7.10. The summed E-state index contributed by atoms with van der Waals surface area (Å²) in [5.74, 6) is -0.563. The summed E-state index contributed by atoms with van der Waals surface area (Å²) in [6.45, 7) is 1.10. The van der Waals surface area contributed by atoms with Crippen molar-refractivity contribution in [1.82, 2.24) is 20.4 Å². The highest BCUT2D eigenvalue weighted by Gasteiger charge is 2.39. The Hall–Kier alpha value is -3.88. The molecule has 2 saturated heterocycles. The van der Waals surface area contributed by atoms with Crippen molar-refractivity contribution < 1.29 is 23.9 Å². The van der Waals surface area contributed by atoms with Crippen molar-refractivity contribution in [2.45, 2.75) is 24.9 Å². The summed E-state index contributed by atoms with van der Waals surface area (Å²) < 4.78 is 5.15. The van der Waals surface area contributed by atoms with E-state index in [1.54, 1.807) is 60.5 Å². The maximum absolute atomic E-state index is 13.3. The third kappa shape index (κ3) is 5.03. The average Bonchev–Trinajstić information content (AvgIpc) is 2.89. The van der Waals surface area contributed by atoms with Crippen LogP contribution in [0, 0.1) is 0 Å². The molecule has 0 aromatic heterocycles. The van der Waals surface area contributed by atoms with E-state index in [1.807, 2.05) is 6.07 Å². The van der Waals surface area contributed by atoms with Crippen LogP contribution in [0.5, 0.6) is 5.75 Å². The zero-order valence-corrected chi connectivity index (χ0v) is 19.0. The predicted octanol–water partition coefficient (Wildman–Crippen LogP) is 1.06. The van der Waals surface area contributed by atoms with Crippen LogP contribution in [0.25, 0.3) is 0 Å². The number of nitrogens with zero attached hydrogens (tertiary/aromatic N) is 2. The molecule has 4 amide bonds. The highest BCUT2D eigenvalue weighted by atomic mass is 16.5. The summed E-state index contributed by atoms with van der Waals surface area (Å²) in [6.07, 6.45) is 1.29. The molecule has 2 unspecified atom stereocenters. The molecule has 34 heavy (non-hydrogen) atoms. The fourth-order valence-corrected chi connectivity index (χ4v) is 4.28. The Labute approximate surface area is 198 Å². The highest BCUT2D eigenvalue weighted by Crippen LogP contribution is 2.19. The predicted molar refractivity (Wildman–Crippen MR) is 124 cm³/mol. The lowest BCUT2D eigenvalue weighted by molar-refractivity contribution is -0.133. The number of piperidine rings is 1. The summed E-state index contributed by atoms with van der Waals surface area (Å²) >= 11 is 0. The van der Waals surface area contributed by atoms with Gasteiger partial charge in [0.05, 0.1) is 13.7 Å². The molecule has 0 spiro atoms. The fourth-order valence-electron chi connectivity index (χ4n) is 4.28. The van der Waals surface area contributed by atoms with Gasteiger partial charge in [0, 0.05) is 30.8 Å². The molecule has 2 aromatic rings. The van der Waals surface area contributed by atoms with E-state index >= 15 is 0 Å². The minimum absolute atomic E-state index is 0.0314. The molecule has 0 bridgehead atoms. The van der Waals surface area contributed by atoms with E-state index in [2.05, 4.69) is 10.6 Å². The molecule has 0 saturated carbocycles. The molecular weight excluding hydrogens is 436 g/mol. The smallest absolute Gasteiger partial charge is 0.254 e. The molecule has 2 N–H and O–H groups in total. The van der Waals surface area contributed by atoms with Gasteiger partial charge in [-0.3, -0.25) is 19.2 Å². The SMILES string of the molecule is COc1ccc(C(=O)N2CCN(C(=O)c3ccccc3)C(C(=O)NC3CCCNC3=O)C2)cc1. The quantitative estimate of drug-likeness (QED) is 0.688. The molecule has 0 aliphatic carbocycles. The van der Waals surface area contributed by atoms with Crippen LogP contribution in [-0.2, 0) is 9.59 Å². The first-order valence-corrected chi connectivity index (χ1v) is 11.4. The number of carbonyl (C=O) groups excluding carboxylic acids is 4. The van der Waals surface area contributed by atoms with Gasteiger partial charge >= 0.3 is 0 Å². The zero-order chi connectivity index (χ0) is 24.1. The van der Waals surface area contributed by atoms with E-state index in [0.29, 0.717) is 29.8 Å². The van der Waals surface area contributed by atoms with Crippen LogP contribution in [0.2, 0.25) is 0 Å². The third-order valence-corrected chi connectivity index (χ3v) is 6.19. The molecule has 2 atom stereocenters. The summed E-state index contributed by atoms with van der Waals surface area (Å²) in [6, 6.07) is 13.9. The first-order valence-electron chi connectivity index (χ1n) is 11.4. The number of carbonyl (C=O) groups is 4. The number of hydrogen-bond acceptors (Lipinski definition) is 5. The number of hydrogen-bond donors (Lipinski definition) is 2.